The number of aromatic nitrogens is 2. The smallest absolute Gasteiger partial charge is 0.339 e. The van der Waals surface area contributed by atoms with Crippen LogP contribution in [0, 0.1) is 0 Å². The lowest BCUT2D eigenvalue weighted by atomic mass is 10.2. The molecule has 0 atom stereocenters. The van der Waals surface area contributed by atoms with E-state index < -0.39 is 16.0 Å². The van der Waals surface area contributed by atoms with Crippen LogP contribution in [-0.4, -0.2) is 29.3 Å². The molecule has 2 rings (SSSR count). The normalized spacial score (nSPS) is 11.3. The average molecular weight is 311 g/mol. The third kappa shape index (κ3) is 3.38. The number of aryl methyl sites for hydroxylation is 1. The number of rotatable bonds is 5. The molecule has 21 heavy (non-hydrogen) atoms. The molecule has 0 unspecified atom stereocenters. The number of hydrogen-bond donors (Lipinski definition) is 2. The minimum atomic E-state index is -3.98. The van der Waals surface area contributed by atoms with Crippen LogP contribution in [0.2, 0.25) is 0 Å². The summed E-state index contributed by atoms with van der Waals surface area (Å²) >= 11 is 0. The van der Waals surface area contributed by atoms with Crippen LogP contribution in [0.3, 0.4) is 0 Å². The maximum absolute atomic E-state index is 11.3. The summed E-state index contributed by atoms with van der Waals surface area (Å²) in [4.78, 5) is 10.9. The molecule has 1 heterocycles. The van der Waals surface area contributed by atoms with E-state index in [0.29, 0.717) is 12.3 Å². The molecule has 0 fully saturated rings. The molecule has 1 aromatic heterocycles. The van der Waals surface area contributed by atoms with Gasteiger partial charge in [0.25, 0.3) is 0 Å². The Morgan fingerprint density at radius 2 is 2.19 bits per heavy atom. The zero-order chi connectivity index (χ0) is 15.6. The van der Waals surface area contributed by atoms with Gasteiger partial charge in [0, 0.05) is 6.54 Å². The van der Waals surface area contributed by atoms with Crippen LogP contribution in [0.25, 0.3) is 0 Å². The van der Waals surface area contributed by atoms with Crippen molar-refractivity contribution >= 4 is 16.0 Å². The second-order valence-electron chi connectivity index (χ2n) is 4.14. The number of nitrogens with zero attached hydrogens (tertiary/aromatic N) is 2. The van der Waals surface area contributed by atoms with Gasteiger partial charge in [-0.3, -0.25) is 4.68 Å². The van der Waals surface area contributed by atoms with Crippen LogP contribution < -0.4 is 9.88 Å². The lowest BCUT2D eigenvalue weighted by Crippen LogP contribution is -2.13. The van der Waals surface area contributed by atoms with Crippen LogP contribution in [0.1, 0.15) is 17.3 Å². The second kappa shape index (κ2) is 5.54. The SMILES string of the molecule is CCn1cc(Oc2ccc(S(N)(=O)=O)cc2C(=O)O)cn1. The van der Waals surface area contributed by atoms with E-state index in [1.165, 1.54) is 18.3 Å². The summed E-state index contributed by atoms with van der Waals surface area (Å²) in [5.41, 5.74) is -0.300. The predicted octanol–water partition coefficient (Wildman–Crippen LogP) is 1.04. The van der Waals surface area contributed by atoms with Crippen LogP contribution in [0.5, 0.6) is 11.5 Å². The van der Waals surface area contributed by atoms with Crippen molar-refractivity contribution in [1.82, 2.24) is 9.78 Å². The van der Waals surface area contributed by atoms with Gasteiger partial charge in [0.15, 0.2) is 5.75 Å². The number of hydrogen-bond acceptors (Lipinski definition) is 5. The molecular weight excluding hydrogens is 298 g/mol. The Bertz CT molecular complexity index is 782. The van der Waals surface area contributed by atoms with Gasteiger partial charge in [0.05, 0.1) is 17.3 Å². The molecule has 2 aromatic rings. The Morgan fingerprint density at radius 3 is 2.71 bits per heavy atom. The molecule has 0 aliphatic rings. The van der Waals surface area contributed by atoms with Crippen molar-refractivity contribution in [2.45, 2.75) is 18.4 Å². The molecule has 3 N–H and O–H groups in total. The van der Waals surface area contributed by atoms with Gasteiger partial charge in [-0.2, -0.15) is 5.10 Å². The highest BCUT2D eigenvalue weighted by molar-refractivity contribution is 7.89. The zero-order valence-electron chi connectivity index (χ0n) is 11.1. The summed E-state index contributed by atoms with van der Waals surface area (Å²) in [7, 11) is -3.98. The summed E-state index contributed by atoms with van der Waals surface area (Å²) in [5.74, 6) is -0.966. The first-order valence-electron chi connectivity index (χ1n) is 5.91. The molecule has 0 amide bonds. The van der Waals surface area contributed by atoms with E-state index in [1.807, 2.05) is 6.92 Å². The molecule has 0 aliphatic heterocycles. The van der Waals surface area contributed by atoms with E-state index in [9.17, 15) is 13.2 Å². The van der Waals surface area contributed by atoms with Gasteiger partial charge in [-0.15, -0.1) is 0 Å². The van der Waals surface area contributed by atoms with Gasteiger partial charge in [-0.25, -0.2) is 18.4 Å². The molecule has 0 saturated carbocycles. The summed E-state index contributed by atoms with van der Waals surface area (Å²) in [6.45, 7) is 2.53. The van der Waals surface area contributed by atoms with E-state index in [4.69, 9.17) is 15.0 Å². The first-order chi connectivity index (χ1) is 9.81. The highest BCUT2D eigenvalue weighted by atomic mass is 32.2. The quantitative estimate of drug-likeness (QED) is 0.850. The minimum absolute atomic E-state index is 0.00514. The van der Waals surface area contributed by atoms with E-state index in [0.717, 1.165) is 6.07 Å². The first-order valence-corrected chi connectivity index (χ1v) is 7.46. The van der Waals surface area contributed by atoms with E-state index in [-0.39, 0.29) is 16.2 Å². The number of aromatic carboxylic acids is 1. The van der Waals surface area contributed by atoms with Gasteiger partial charge in [0.2, 0.25) is 10.0 Å². The number of primary sulfonamides is 1. The van der Waals surface area contributed by atoms with Gasteiger partial charge in [-0.1, -0.05) is 0 Å². The predicted molar refractivity (Wildman–Crippen MR) is 72.7 cm³/mol. The summed E-state index contributed by atoms with van der Waals surface area (Å²) in [6.07, 6.45) is 3.03. The van der Waals surface area contributed by atoms with Crippen molar-refractivity contribution in [3.63, 3.8) is 0 Å². The summed E-state index contributed by atoms with van der Waals surface area (Å²) < 4.78 is 29.5. The Morgan fingerprint density at radius 1 is 1.48 bits per heavy atom. The fourth-order valence-corrected chi connectivity index (χ4v) is 2.18. The fraction of sp³-hybridized carbons (Fsp3) is 0.167. The topological polar surface area (TPSA) is 125 Å². The Balaban J connectivity index is 2.41. The van der Waals surface area contributed by atoms with E-state index >= 15 is 0 Å². The molecule has 0 bridgehead atoms. The third-order valence-electron chi connectivity index (χ3n) is 2.67. The number of benzene rings is 1. The molecule has 9 heteroatoms. The van der Waals surface area contributed by atoms with Crippen LogP contribution >= 0.6 is 0 Å². The van der Waals surface area contributed by atoms with Crippen molar-refractivity contribution in [2.75, 3.05) is 0 Å². The average Bonchev–Trinajstić information content (AvgIpc) is 2.85. The van der Waals surface area contributed by atoms with Crippen molar-refractivity contribution in [3.8, 4) is 11.5 Å². The minimum Gasteiger partial charge on any atom is -0.478 e. The number of nitrogens with two attached hydrogens (primary N) is 1. The first kappa shape index (κ1) is 15.0. The molecule has 1 aromatic carbocycles. The Kier molecular flexibility index (Phi) is 3.96. The molecule has 0 saturated heterocycles. The second-order valence-corrected chi connectivity index (χ2v) is 5.70. The highest BCUT2D eigenvalue weighted by Crippen LogP contribution is 2.27. The van der Waals surface area contributed by atoms with Gasteiger partial charge in [0.1, 0.15) is 11.3 Å². The molecule has 0 radical (unpaired) electrons. The van der Waals surface area contributed by atoms with Crippen molar-refractivity contribution in [1.29, 1.82) is 0 Å². The highest BCUT2D eigenvalue weighted by Gasteiger charge is 2.17. The van der Waals surface area contributed by atoms with Crippen LogP contribution in [0.15, 0.2) is 35.5 Å². The van der Waals surface area contributed by atoms with Crippen molar-refractivity contribution in [3.05, 3.63) is 36.2 Å². The maximum atomic E-state index is 11.3. The van der Waals surface area contributed by atoms with Gasteiger partial charge < -0.3 is 9.84 Å². The molecule has 0 aliphatic carbocycles. The lowest BCUT2D eigenvalue weighted by Gasteiger charge is -2.08. The Hall–Kier alpha value is -2.39. The van der Waals surface area contributed by atoms with Crippen LogP contribution in [-0.2, 0) is 16.6 Å². The van der Waals surface area contributed by atoms with Crippen LogP contribution in [0.4, 0.5) is 0 Å². The molecule has 8 nitrogen and oxygen atoms in total. The summed E-state index contributed by atoms with van der Waals surface area (Å²) in [5, 5.41) is 18.1. The third-order valence-corrected chi connectivity index (χ3v) is 3.58. The van der Waals surface area contributed by atoms with Gasteiger partial charge in [-0.05, 0) is 25.1 Å². The number of ether oxygens (including phenoxy) is 1. The number of carboxylic acids is 1. The maximum Gasteiger partial charge on any atom is 0.339 e. The lowest BCUT2D eigenvalue weighted by molar-refractivity contribution is 0.0694. The van der Waals surface area contributed by atoms with E-state index in [2.05, 4.69) is 5.10 Å². The standard InChI is InChI=1S/C12H13N3O5S/c1-2-15-7-8(6-14-15)20-11-4-3-9(21(13,18)19)5-10(11)12(16)17/h3-7H,2H2,1H3,(H,16,17)(H2,13,18,19). The number of carboxylic acid groups (broad SMARTS) is 1. The van der Waals surface area contributed by atoms with Gasteiger partial charge >= 0.3 is 5.97 Å². The number of sulfonamides is 1. The summed E-state index contributed by atoms with van der Waals surface area (Å²) in [6, 6.07) is 3.38. The molecular formula is C12H13N3O5S. The monoisotopic (exact) mass is 311 g/mol. The van der Waals surface area contributed by atoms with Crippen molar-refractivity contribution in [2.24, 2.45) is 5.14 Å². The molecule has 112 valence electrons. The largest absolute Gasteiger partial charge is 0.478 e. The number of carbonyl (C=O) groups is 1. The fourth-order valence-electron chi connectivity index (χ4n) is 1.64. The van der Waals surface area contributed by atoms with E-state index in [1.54, 1.807) is 10.9 Å². The Labute approximate surface area is 120 Å². The zero-order valence-corrected chi connectivity index (χ0v) is 11.9. The molecule has 0 spiro atoms. The van der Waals surface area contributed by atoms with Crippen molar-refractivity contribution < 1.29 is 23.1 Å².